The van der Waals surface area contributed by atoms with Gasteiger partial charge in [-0.05, 0) is 63.9 Å². The highest BCUT2D eigenvalue weighted by Crippen LogP contribution is 2.24. The number of amides is 1. The van der Waals surface area contributed by atoms with E-state index in [-0.39, 0.29) is 17.9 Å². The zero-order chi connectivity index (χ0) is 16.2. The minimum absolute atomic E-state index is 0.0598. The highest BCUT2D eigenvalue weighted by molar-refractivity contribution is 5.78. The molecule has 0 unspecified atom stereocenters. The molecule has 0 spiro atoms. The van der Waals surface area contributed by atoms with E-state index in [9.17, 15) is 9.90 Å². The van der Waals surface area contributed by atoms with Crippen LogP contribution in [0.15, 0.2) is 0 Å². The predicted molar refractivity (Wildman–Crippen MR) is 88.1 cm³/mol. The molecular weight excluding hydrogens is 290 g/mol. The van der Waals surface area contributed by atoms with Crippen LogP contribution in [0.4, 0.5) is 0 Å². The lowest BCUT2D eigenvalue weighted by molar-refractivity contribution is -0.126. The van der Waals surface area contributed by atoms with E-state index in [1.54, 1.807) is 0 Å². The Morgan fingerprint density at radius 2 is 1.91 bits per heavy atom. The van der Waals surface area contributed by atoms with Gasteiger partial charge in [-0.25, -0.2) is 9.97 Å². The summed E-state index contributed by atoms with van der Waals surface area (Å²) in [6.07, 6.45) is 8.16. The second-order valence-corrected chi connectivity index (χ2v) is 6.90. The molecule has 1 amide bonds. The number of carbonyl (C=O) groups excluding carboxylic acids is 1. The summed E-state index contributed by atoms with van der Waals surface area (Å²) in [5, 5.41) is 12.5. The average Bonchev–Trinajstić information content (AvgIpc) is 2.55. The van der Waals surface area contributed by atoms with Gasteiger partial charge < -0.3 is 10.4 Å². The topological polar surface area (TPSA) is 75.1 Å². The predicted octanol–water partition coefficient (Wildman–Crippen LogP) is 1.87. The molecule has 0 aromatic carbocycles. The van der Waals surface area contributed by atoms with Crippen LogP contribution in [0.1, 0.15) is 61.3 Å². The quantitative estimate of drug-likeness (QED) is 0.889. The number of fused-ring (bicyclic) bond motifs is 1. The summed E-state index contributed by atoms with van der Waals surface area (Å²) in [4.78, 5) is 21.5. The minimum Gasteiger partial charge on any atom is -0.393 e. The van der Waals surface area contributed by atoms with Crippen molar-refractivity contribution in [1.82, 2.24) is 15.3 Å². The molecule has 0 aliphatic heterocycles. The molecule has 2 N–H and O–H groups in total. The molecule has 1 fully saturated rings. The van der Waals surface area contributed by atoms with Crippen LogP contribution in [0.25, 0.3) is 0 Å². The van der Waals surface area contributed by atoms with E-state index >= 15 is 0 Å². The van der Waals surface area contributed by atoms with Crippen molar-refractivity contribution in [3.05, 3.63) is 22.8 Å². The number of aryl methyl sites for hydroxylation is 2. The van der Waals surface area contributed by atoms with Crippen LogP contribution in [-0.2, 0) is 24.1 Å². The first-order chi connectivity index (χ1) is 11.1. The number of nitrogens with one attached hydrogen (secondary N) is 1. The molecule has 0 atom stereocenters. The van der Waals surface area contributed by atoms with Crippen molar-refractivity contribution in [2.45, 2.75) is 70.8 Å². The van der Waals surface area contributed by atoms with Crippen LogP contribution >= 0.6 is 0 Å². The van der Waals surface area contributed by atoms with E-state index in [0.29, 0.717) is 13.0 Å². The first kappa shape index (κ1) is 16.4. The van der Waals surface area contributed by atoms with Gasteiger partial charge in [0.1, 0.15) is 5.82 Å². The lowest BCUT2D eigenvalue weighted by Crippen LogP contribution is -2.35. The number of nitrogens with zero attached hydrogens (tertiary/aromatic N) is 2. The fraction of sp³-hybridized carbons (Fsp3) is 0.722. The van der Waals surface area contributed by atoms with Gasteiger partial charge in [0, 0.05) is 30.3 Å². The van der Waals surface area contributed by atoms with Crippen LogP contribution in [0.2, 0.25) is 0 Å². The van der Waals surface area contributed by atoms with Crippen molar-refractivity contribution in [3.63, 3.8) is 0 Å². The van der Waals surface area contributed by atoms with Gasteiger partial charge in [0.05, 0.1) is 6.10 Å². The zero-order valence-electron chi connectivity index (χ0n) is 14.0. The highest BCUT2D eigenvalue weighted by Gasteiger charge is 2.24. The van der Waals surface area contributed by atoms with Crippen molar-refractivity contribution in [2.24, 2.45) is 5.92 Å². The molecule has 0 radical (unpaired) electrons. The maximum Gasteiger partial charge on any atom is 0.223 e. The average molecular weight is 317 g/mol. The molecule has 23 heavy (non-hydrogen) atoms. The molecule has 0 bridgehead atoms. The van der Waals surface area contributed by atoms with Crippen molar-refractivity contribution in [1.29, 1.82) is 0 Å². The van der Waals surface area contributed by atoms with E-state index in [1.165, 1.54) is 24.1 Å². The number of hydrogen-bond donors (Lipinski definition) is 2. The molecule has 2 aliphatic rings. The number of aromatic nitrogens is 2. The number of aliphatic hydroxyl groups is 1. The molecular formula is C18H27N3O2. The van der Waals surface area contributed by atoms with Crippen molar-refractivity contribution in [3.8, 4) is 0 Å². The number of hydrogen-bond acceptors (Lipinski definition) is 4. The lowest BCUT2D eigenvalue weighted by atomic mass is 9.87. The Bertz CT molecular complexity index is 566. The van der Waals surface area contributed by atoms with Crippen LogP contribution in [0, 0.1) is 12.8 Å². The normalized spacial score (nSPS) is 24.1. The molecule has 1 aromatic heterocycles. The Morgan fingerprint density at radius 3 is 2.70 bits per heavy atom. The number of carbonyl (C=O) groups is 1. The molecule has 5 heteroatoms. The Labute approximate surface area is 137 Å². The fourth-order valence-corrected chi connectivity index (χ4v) is 3.74. The summed E-state index contributed by atoms with van der Waals surface area (Å²) in [6, 6.07) is 0. The molecule has 3 rings (SSSR count). The molecule has 1 heterocycles. The third-order valence-electron chi connectivity index (χ3n) is 5.15. The monoisotopic (exact) mass is 317 g/mol. The second kappa shape index (κ2) is 7.39. The molecule has 0 saturated heterocycles. The minimum atomic E-state index is -0.217. The first-order valence-corrected chi connectivity index (χ1v) is 8.94. The van der Waals surface area contributed by atoms with Gasteiger partial charge in [-0.15, -0.1) is 0 Å². The van der Waals surface area contributed by atoms with Gasteiger partial charge in [-0.2, -0.15) is 0 Å². The standard InChI is InChI=1S/C18H27N3O2/c1-12-15-4-2-3-5-16(15)21-17(20-12)10-11-19-18(23)13-6-8-14(22)9-7-13/h13-14,22H,2-11H2,1H3,(H,19,23). The van der Waals surface area contributed by atoms with E-state index in [0.717, 1.165) is 50.0 Å². The third-order valence-corrected chi connectivity index (χ3v) is 5.15. The molecule has 1 saturated carbocycles. The summed E-state index contributed by atoms with van der Waals surface area (Å²) in [5.74, 6) is 1.03. The van der Waals surface area contributed by atoms with Gasteiger partial charge >= 0.3 is 0 Å². The van der Waals surface area contributed by atoms with E-state index in [4.69, 9.17) is 4.98 Å². The fourth-order valence-electron chi connectivity index (χ4n) is 3.74. The van der Waals surface area contributed by atoms with Crippen LogP contribution < -0.4 is 5.32 Å². The summed E-state index contributed by atoms with van der Waals surface area (Å²) in [6.45, 7) is 2.66. The lowest BCUT2D eigenvalue weighted by Gasteiger charge is -2.24. The van der Waals surface area contributed by atoms with Gasteiger partial charge in [-0.3, -0.25) is 4.79 Å². The number of rotatable bonds is 4. The van der Waals surface area contributed by atoms with Gasteiger partial charge in [0.2, 0.25) is 5.91 Å². The van der Waals surface area contributed by atoms with Crippen molar-refractivity contribution >= 4 is 5.91 Å². The summed E-state index contributed by atoms with van der Waals surface area (Å²) in [5.41, 5.74) is 3.66. The Hall–Kier alpha value is -1.49. The largest absolute Gasteiger partial charge is 0.393 e. The molecule has 2 aliphatic carbocycles. The van der Waals surface area contributed by atoms with E-state index in [1.807, 2.05) is 0 Å². The molecule has 1 aromatic rings. The van der Waals surface area contributed by atoms with Crippen LogP contribution in [0.5, 0.6) is 0 Å². The summed E-state index contributed by atoms with van der Waals surface area (Å²) < 4.78 is 0. The van der Waals surface area contributed by atoms with Crippen molar-refractivity contribution < 1.29 is 9.90 Å². The molecule has 5 nitrogen and oxygen atoms in total. The Morgan fingerprint density at radius 1 is 1.17 bits per heavy atom. The van der Waals surface area contributed by atoms with Crippen LogP contribution in [-0.4, -0.2) is 33.6 Å². The summed E-state index contributed by atoms with van der Waals surface area (Å²) in [7, 11) is 0. The maximum atomic E-state index is 12.2. The second-order valence-electron chi connectivity index (χ2n) is 6.90. The summed E-state index contributed by atoms with van der Waals surface area (Å²) >= 11 is 0. The van der Waals surface area contributed by atoms with E-state index in [2.05, 4.69) is 17.2 Å². The Kier molecular flexibility index (Phi) is 5.26. The SMILES string of the molecule is Cc1nc(CCNC(=O)C2CCC(O)CC2)nc2c1CCCC2. The van der Waals surface area contributed by atoms with Gasteiger partial charge in [0.15, 0.2) is 0 Å². The van der Waals surface area contributed by atoms with E-state index < -0.39 is 0 Å². The molecule has 126 valence electrons. The Balaban J connectivity index is 1.51. The van der Waals surface area contributed by atoms with Crippen LogP contribution in [0.3, 0.4) is 0 Å². The smallest absolute Gasteiger partial charge is 0.223 e. The van der Waals surface area contributed by atoms with Crippen molar-refractivity contribution in [2.75, 3.05) is 6.54 Å². The number of aliphatic hydroxyl groups excluding tert-OH is 1. The third kappa shape index (κ3) is 4.08. The maximum absolute atomic E-state index is 12.2. The van der Waals surface area contributed by atoms with Gasteiger partial charge in [-0.1, -0.05) is 0 Å². The van der Waals surface area contributed by atoms with Gasteiger partial charge in [0.25, 0.3) is 0 Å². The zero-order valence-corrected chi connectivity index (χ0v) is 14.0. The highest BCUT2D eigenvalue weighted by atomic mass is 16.3. The first-order valence-electron chi connectivity index (χ1n) is 8.94.